The van der Waals surface area contributed by atoms with Crippen LogP contribution in [0.4, 0.5) is 4.79 Å². The third-order valence-corrected chi connectivity index (χ3v) is 3.94. The van der Waals surface area contributed by atoms with Crippen molar-refractivity contribution in [1.29, 1.82) is 0 Å². The second kappa shape index (κ2) is 5.97. The van der Waals surface area contributed by atoms with Crippen molar-refractivity contribution in [2.45, 2.75) is 19.9 Å². The molecule has 1 atom stereocenters. The second-order valence-corrected chi connectivity index (χ2v) is 5.72. The third kappa shape index (κ3) is 2.61. The van der Waals surface area contributed by atoms with E-state index < -0.39 is 17.7 Å². The van der Waals surface area contributed by atoms with E-state index in [0.717, 1.165) is 0 Å². The van der Waals surface area contributed by atoms with Crippen LogP contribution in [0.2, 0.25) is 5.02 Å². The predicted molar refractivity (Wildman–Crippen MR) is 88.8 cm³/mol. The van der Waals surface area contributed by atoms with Crippen molar-refractivity contribution in [3.8, 4) is 5.82 Å². The Labute approximate surface area is 141 Å². The van der Waals surface area contributed by atoms with Crippen molar-refractivity contribution >= 4 is 28.6 Å². The molecule has 1 unspecified atom stereocenters. The molecule has 0 aliphatic rings. The van der Waals surface area contributed by atoms with Gasteiger partial charge in [-0.25, -0.2) is 14.3 Å². The number of rotatable bonds is 3. The normalized spacial score (nSPS) is 12.3. The quantitative estimate of drug-likeness (QED) is 0.673. The van der Waals surface area contributed by atoms with Gasteiger partial charge in [-0.05, 0) is 26.0 Å². The Hall–Kier alpha value is -2.87. The van der Waals surface area contributed by atoms with E-state index in [1.165, 1.54) is 4.57 Å². The lowest BCUT2D eigenvalue weighted by Crippen LogP contribution is -2.33. The average Bonchev–Trinajstić information content (AvgIpc) is 2.92. The lowest BCUT2D eigenvalue weighted by Gasteiger charge is -2.18. The van der Waals surface area contributed by atoms with Crippen molar-refractivity contribution in [1.82, 2.24) is 25.1 Å². The first-order chi connectivity index (χ1) is 11.4. The highest BCUT2D eigenvalue weighted by atomic mass is 35.5. The van der Waals surface area contributed by atoms with Gasteiger partial charge in [0.1, 0.15) is 11.6 Å². The summed E-state index contributed by atoms with van der Waals surface area (Å²) in [5, 5.41) is 18.5. The molecule has 0 fully saturated rings. The van der Waals surface area contributed by atoms with Gasteiger partial charge < -0.3 is 10.4 Å². The molecule has 9 heteroatoms. The molecule has 0 aliphatic heterocycles. The molecule has 0 spiro atoms. The smallest absolute Gasteiger partial charge is 0.405 e. The molecule has 0 saturated heterocycles. The zero-order chi connectivity index (χ0) is 17.4. The molecule has 3 rings (SSSR count). The number of amides is 1. The Bertz CT molecular complexity index is 994. The Morgan fingerprint density at radius 2 is 2.21 bits per heavy atom. The number of fused-ring (bicyclic) bond motifs is 1. The number of aromatic nitrogens is 4. The molecule has 0 aliphatic carbocycles. The van der Waals surface area contributed by atoms with E-state index >= 15 is 0 Å². The number of nitrogens with one attached hydrogen (secondary N) is 2. The molecule has 0 bridgehead atoms. The molecule has 3 aromatic rings. The van der Waals surface area contributed by atoms with E-state index in [2.05, 4.69) is 20.5 Å². The summed E-state index contributed by atoms with van der Waals surface area (Å²) >= 11 is 6.16. The van der Waals surface area contributed by atoms with Gasteiger partial charge in [-0.2, -0.15) is 5.10 Å². The summed E-state index contributed by atoms with van der Waals surface area (Å²) in [7, 11) is 0. The summed E-state index contributed by atoms with van der Waals surface area (Å²) in [6, 6.07) is 4.22. The van der Waals surface area contributed by atoms with Crippen molar-refractivity contribution in [3.63, 3.8) is 0 Å². The van der Waals surface area contributed by atoms with Gasteiger partial charge in [0, 0.05) is 5.56 Å². The minimum atomic E-state index is -1.21. The highest BCUT2D eigenvalue weighted by molar-refractivity contribution is 6.35. The van der Waals surface area contributed by atoms with Gasteiger partial charge in [-0.15, -0.1) is 0 Å². The van der Waals surface area contributed by atoms with E-state index in [1.54, 1.807) is 38.2 Å². The molecular weight excluding hydrogens is 334 g/mol. The monoisotopic (exact) mass is 347 g/mol. The van der Waals surface area contributed by atoms with Crippen molar-refractivity contribution < 1.29 is 9.90 Å². The largest absolute Gasteiger partial charge is 0.465 e. The van der Waals surface area contributed by atoms with Gasteiger partial charge in [0.05, 0.1) is 28.2 Å². The van der Waals surface area contributed by atoms with Crippen LogP contribution in [0.5, 0.6) is 0 Å². The number of hydrogen-bond donors (Lipinski definition) is 3. The first kappa shape index (κ1) is 16.0. The zero-order valence-corrected chi connectivity index (χ0v) is 13.6. The number of H-pyrrole nitrogens is 1. The Balaban J connectivity index is 2.39. The molecule has 2 aromatic heterocycles. The van der Waals surface area contributed by atoms with Crippen molar-refractivity contribution in [2.24, 2.45) is 0 Å². The number of aromatic amines is 1. The second-order valence-electron chi connectivity index (χ2n) is 5.32. The standard InChI is InChI=1S/C15H14ClN5O3/c1-7-6-17-20-12(7)21-13(8(2)18-15(23)24)19-10-5-3-4-9(16)11(10)14(21)22/h3-6,8,18H,1-2H3,(H,17,20)(H,23,24). The summed E-state index contributed by atoms with van der Waals surface area (Å²) in [5.41, 5.74) is 0.719. The fourth-order valence-corrected chi connectivity index (χ4v) is 2.78. The highest BCUT2D eigenvalue weighted by Crippen LogP contribution is 2.23. The lowest BCUT2D eigenvalue weighted by molar-refractivity contribution is 0.190. The van der Waals surface area contributed by atoms with Crippen LogP contribution in [0, 0.1) is 6.92 Å². The molecule has 2 heterocycles. The topological polar surface area (TPSA) is 113 Å². The van der Waals surface area contributed by atoms with E-state index in [4.69, 9.17) is 16.7 Å². The van der Waals surface area contributed by atoms with Crippen LogP contribution < -0.4 is 10.9 Å². The summed E-state index contributed by atoms with van der Waals surface area (Å²) < 4.78 is 1.30. The lowest BCUT2D eigenvalue weighted by atomic mass is 10.2. The number of benzene rings is 1. The summed E-state index contributed by atoms with van der Waals surface area (Å²) in [4.78, 5) is 28.5. The first-order valence-corrected chi connectivity index (χ1v) is 7.49. The molecule has 0 radical (unpaired) electrons. The van der Waals surface area contributed by atoms with Crippen LogP contribution in [0.15, 0.2) is 29.2 Å². The molecule has 24 heavy (non-hydrogen) atoms. The summed E-state index contributed by atoms with van der Waals surface area (Å²) in [5.74, 6) is 0.660. The van der Waals surface area contributed by atoms with Crippen molar-refractivity contribution in [2.75, 3.05) is 0 Å². The molecule has 8 nitrogen and oxygen atoms in total. The van der Waals surface area contributed by atoms with E-state index in [9.17, 15) is 9.59 Å². The van der Waals surface area contributed by atoms with Gasteiger partial charge in [0.15, 0.2) is 0 Å². The van der Waals surface area contributed by atoms with Crippen LogP contribution in [0.1, 0.15) is 24.4 Å². The van der Waals surface area contributed by atoms with Gasteiger partial charge in [-0.1, -0.05) is 17.7 Å². The van der Waals surface area contributed by atoms with Gasteiger partial charge in [0.25, 0.3) is 5.56 Å². The van der Waals surface area contributed by atoms with E-state index in [1.807, 2.05) is 0 Å². The molecule has 3 N–H and O–H groups in total. The maximum absolute atomic E-state index is 13.0. The Morgan fingerprint density at radius 1 is 1.46 bits per heavy atom. The van der Waals surface area contributed by atoms with E-state index in [-0.39, 0.29) is 16.2 Å². The number of nitrogens with zero attached hydrogens (tertiary/aromatic N) is 3. The number of aryl methyl sites for hydroxylation is 1. The average molecular weight is 348 g/mol. The van der Waals surface area contributed by atoms with Crippen LogP contribution in [0.25, 0.3) is 16.7 Å². The Kier molecular flexibility index (Phi) is 3.98. The fourth-order valence-electron chi connectivity index (χ4n) is 2.53. The number of hydrogen-bond acceptors (Lipinski definition) is 4. The van der Waals surface area contributed by atoms with Gasteiger partial charge >= 0.3 is 6.09 Å². The molecule has 1 amide bonds. The maximum Gasteiger partial charge on any atom is 0.405 e. The minimum Gasteiger partial charge on any atom is -0.465 e. The molecular formula is C15H14ClN5O3. The van der Waals surface area contributed by atoms with Crippen molar-refractivity contribution in [3.05, 3.63) is 51.2 Å². The SMILES string of the molecule is Cc1cn[nH]c1-n1c(C(C)NC(=O)O)nc2cccc(Cl)c2c1=O. The third-order valence-electron chi connectivity index (χ3n) is 3.63. The maximum atomic E-state index is 13.0. The minimum absolute atomic E-state index is 0.240. The number of halogens is 1. The van der Waals surface area contributed by atoms with Crippen LogP contribution in [0.3, 0.4) is 0 Å². The van der Waals surface area contributed by atoms with Gasteiger partial charge in [0.2, 0.25) is 0 Å². The number of carboxylic acid groups (broad SMARTS) is 1. The Morgan fingerprint density at radius 3 is 2.83 bits per heavy atom. The molecule has 1 aromatic carbocycles. The van der Waals surface area contributed by atoms with Crippen LogP contribution in [-0.2, 0) is 0 Å². The predicted octanol–water partition coefficient (Wildman–Crippen LogP) is 2.40. The summed E-state index contributed by atoms with van der Waals surface area (Å²) in [6.45, 7) is 3.38. The fraction of sp³-hybridized carbons (Fsp3) is 0.200. The molecule has 0 saturated carbocycles. The zero-order valence-electron chi connectivity index (χ0n) is 12.9. The molecule has 124 valence electrons. The van der Waals surface area contributed by atoms with E-state index in [0.29, 0.717) is 16.9 Å². The summed E-state index contributed by atoms with van der Waals surface area (Å²) in [6.07, 6.45) is 0.355. The highest BCUT2D eigenvalue weighted by Gasteiger charge is 2.22. The first-order valence-electron chi connectivity index (χ1n) is 7.11. The van der Waals surface area contributed by atoms with Gasteiger partial charge in [-0.3, -0.25) is 9.89 Å². The van der Waals surface area contributed by atoms with Crippen LogP contribution in [-0.4, -0.2) is 30.9 Å². The number of carbonyl (C=O) groups is 1. The van der Waals surface area contributed by atoms with Crippen LogP contribution >= 0.6 is 11.6 Å².